The fourth-order valence-corrected chi connectivity index (χ4v) is 4.57. The molecule has 6 heteroatoms. The van der Waals surface area contributed by atoms with Crippen molar-refractivity contribution in [3.8, 4) is 5.75 Å². The molecule has 28 heavy (non-hydrogen) atoms. The van der Waals surface area contributed by atoms with E-state index in [2.05, 4.69) is 34.3 Å². The molecule has 0 bridgehead atoms. The maximum Gasteiger partial charge on any atom is 0.195 e. The summed E-state index contributed by atoms with van der Waals surface area (Å²) >= 11 is 3.52. The van der Waals surface area contributed by atoms with Gasteiger partial charge in [0, 0.05) is 39.1 Å². The molecule has 146 valence electrons. The molecular formula is C22H22BrNO4. The Labute approximate surface area is 171 Å². The van der Waals surface area contributed by atoms with Gasteiger partial charge in [0.05, 0.1) is 12.2 Å². The maximum absolute atomic E-state index is 13.5. The monoisotopic (exact) mass is 443 g/mol. The van der Waals surface area contributed by atoms with Crippen LogP contribution in [0.2, 0.25) is 0 Å². The van der Waals surface area contributed by atoms with Crippen LogP contribution in [0.4, 0.5) is 0 Å². The lowest BCUT2D eigenvalue weighted by Gasteiger charge is -2.33. The molecule has 1 unspecified atom stereocenters. The molecule has 0 aliphatic heterocycles. The number of benzene rings is 2. The molecule has 0 fully saturated rings. The first-order chi connectivity index (χ1) is 13.3. The second-order valence-corrected chi connectivity index (χ2v) is 8.67. The molecule has 2 N–H and O–H groups in total. The van der Waals surface area contributed by atoms with E-state index in [1.54, 1.807) is 6.07 Å². The van der Waals surface area contributed by atoms with Crippen molar-refractivity contribution in [3.63, 3.8) is 0 Å². The Morgan fingerprint density at radius 2 is 1.96 bits per heavy atom. The summed E-state index contributed by atoms with van der Waals surface area (Å²) in [4.78, 5) is 13.5. The maximum atomic E-state index is 13.5. The van der Waals surface area contributed by atoms with Gasteiger partial charge in [-0.05, 0) is 29.8 Å². The number of ketones is 1. The van der Waals surface area contributed by atoms with E-state index in [1.165, 1.54) is 0 Å². The van der Waals surface area contributed by atoms with Gasteiger partial charge in [0.2, 0.25) is 0 Å². The highest BCUT2D eigenvalue weighted by Gasteiger charge is 2.41. The van der Waals surface area contributed by atoms with Crippen LogP contribution >= 0.6 is 15.9 Å². The third-order valence-electron chi connectivity index (χ3n) is 5.54. The number of fused-ring (bicyclic) bond motifs is 4. The van der Waals surface area contributed by atoms with E-state index in [1.807, 2.05) is 37.4 Å². The van der Waals surface area contributed by atoms with Crippen LogP contribution in [0.1, 0.15) is 41.0 Å². The van der Waals surface area contributed by atoms with Crippen LogP contribution in [-0.2, 0) is 12.5 Å². The number of carbonyl (C=O) groups is 1. The highest BCUT2D eigenvalue weighted by atomic mass is 79.9. The van der Waals surface area contributed by atoms with E-state index in [-0.39, 0.29) is 24.4 Å². The molecule has 4 rings (SSSR count). The number of ether oxygens (including phenoxy) is 1. The zero-order valence-corrected chi connectivity index (χ0v) is 17.6. The van der Waals surface area contributed by atoms with Gasteiger partial charge in [-0.3, -0.25) is 4.79 Å². The Hall–Kier alpha value is -2.15. The lowest BCUT2D eigenvalue weighted by atomic mass is 9.71. The van der Waals surface area contributed by atoms with E-state index < -0.39 is 6.10 Å². The number of nitrogens with zero attached hydrogens (tertiary/aromatic N) is 1. The van der Waals surface area contributed by atoms with Crippen molar-refractivity contribution in [2.75, 3.05) is 13.2 Å². The Morgan fingerprint density at radius 3 is 2.68 bits per heavy atom. The molecule has 2 aromatic carbocycles. The second kappa shape index (κ2) is 6.72. The molecule has 5 nitrogen and oxygen atoms in total. The zero-order valence-electron chi connectivity index (χ0n) is 16.0. The van der Waals surface area contributed by atoms with Crippen molar-refractivity contribution in [2.24, 2.45) is 7.05 Å². The minimum atomic E-state index is -0.953. The van der Waals surface area contributed by atoms with Gasteiger partial charge in [-0.1, -0.05) is 41.9 Å². The third-order valence-corrected chi connectivity index (χ3v) is 6.04. The molecule has 1 atom stereocenters. The molecule has 0 radical (unpaired) electrons. The molecule has 0 spiro atoms. The van der Waals surface area contributed by atoms with Crippen LogP contribution in [0, 0.1) is 0 Å². The predicted molar refractivity (Wildman–Crippen MR) is 111 cm³/mol. The Morgan fingerprint density at radius 1 is 1.21 bits per heavy atom. The normalized spacial score (nSPS) is 16.0. The highest BCUT2D eigenvalue weighted by molar-refractivity contribution is 9.10. The molecular weight excluding hydrogens is 422 g/mol. The van der Waals surface area contributed by atoms with E-state index >= 15 is 0 Å². The fraction of sp³-hybridized carbons (Fsp3) is 0.318. The fourth-order valence-electron chi connectivity index (χ4n) is 4.22. The smallest absolute Gasteiger partial charge is 0.195 e. The SMILES string of the molecule is Cn1c2c(c3ccc(Br)cc31)C(=O)c1cc(OCC(O)CO)ccc1C2(C)C. The van der Waals surface area contributed by atoms with Crippen molar-refractivity contribution in [3.05, 3.63) is 63.3 Å². The predicted octanol–water partition coefficient (Wildman–Crippen LogP) is 3.54. The number of hydrogen-bond donors (Lipinski definition) is 2. The summed E-state index contributed by atoms with van der Waals surface area (Å²) in [6.45, 7) is 3.86. The van der Waals surface area contributed by atoms with E-state index in [0.29, 0.717) is 11.3 Å². The number of aryl methyl sites for hydroxylation is 1. The van der Waals surface area contributed by atoms with Crippen molar-refractivity contribution < 1.29 is 19.7 Å². The third kappa shape index (κ3) is 2.79. The van der Waals surface area contributed by atoms with Gasteiger partial charge in [0.1, 0.15) is 18.5 Å². The standard InChI is InChI=1S/C22H22BrNO4/c1-22(2)17-7-5-14(28-11-13(26)10-25)9-16(17)20(27)19-15-6-4-12(23)8-18(15)24(3)21(19)22/h4-9,13,25-26H,10-11H2,1-3H3. The topological polar surface area (TPSA) is 71.7 Å². The van der Waals surface area contributed by atoms with Gasteiger partial charge in [-0.25, -0.2) is 0 Å². The first kappa shape index (κ1) is 19.2. The van der Waals surface area contributed by atoms with Crippen LogP contribution in [0.3, 0.4) is 0 Å². The minimum absolute atomic E-state index is 0.0228. The molecule has 0 amide bonds. The van der Waals surface area contributed by atoms with Crippen LogP contribution in [-0.4, -0.2) is 39.9 Å². The summed E-state index contributed by atoms with van der Waals surface area (Å²) in [6.07, 6.45) is -0.953. The van der Waals surface area contributed by atoms with Crippen molar-refractivity contribution in [1.29, 1.82) is 0 Å². The number of rotatable bonds is 4. The largest absolute Gasteiger partial charge is 0.491 e. The molecule has 1 aliphatic rings. The second-order valence-electron chi connectivity index (χ2n) is 7.75. The average Bonchev–Trinajstić information content (AvgIpc) is 2.97. The van der Waals surface area contributed by atoms with Crippen LogP contribution in [0.25, 0.3) is 10.9 Å². The van der Waals surface area contributed by atoms with Crippen molar-refractivity contribution >= 4 is 32.6 Å². The van der Waals surface area contributed by atoms with Crippen LogP contribution < -0.4 is 4.74 Å². The molecule has 1 aromatic heterocycles. The lowest BCUT2D eigenvalue weighted by molar-refractivity contribution is 0.0535. The summed E-state index contributed by atoms with van der Waals surface area (Å²) in [5.41, 5.74) is 3.95. The van der Waals surface area contributed by atoms with E-state index in [0.717, 1.165) is 32.2 Å². The summed E-state index contributed by atoms with van der Waals surface area (Å²) in [5.74, 6) is 0.479. The van der Waals surface area contributed by atoms with Gasteiger partial charge < -0.3 is 19.5 Å². The highest BCUT2D eigenvalue weighted by Crippen LogP contribution is 2.46. The number of carbonyl (C=O) groups excluding carboxylic acids is 1. The summed E-state index contributed by atoms with van der Waals surface area (Å²) in [5, 5.41) is 19.4. The minimum Gasteiger partial charge on any atom is -0.491 e. The van der Waals surface area contributed by atoms with Gasteiger partial charge >= 0.3 is 0 Å². The molecule has 1 aliphatic carbocycles. The van der Waals surface area contributed by atoms with Crippen LogP contribution in [0.5, 0.6) is 5.75 Å². The summed E-state index contributed by atoms with van der Waals surface area (Å²) in [6, 6.07) is 11.4. The van der Waals surface area contributed by atoms with E-state index in [9.17, 15) is 9.90 Å². The Balaban J connectivity index is 1.88. The molecule has 0 saturated heterocycles. The Kier molecular flexibility index (Phi) is 4.61. The number of halogens is 1. The first-order valence-corrected chi connectivity index (χ1v) is 9.94. The first-order valence-electron chi connectivity index (χ1n) is 9.15. The van der Waals surface area contributed by atoms with Gasteiger partial charge in [0.15, 0.2) is 5.78 Å². The van der Waals surface area contributed by atoms with Crippen molar-refractivity contribution in [1.82, 2.24) is 4.57 Å². The number of aromatic nitrogens is 1. The summed E-state index contributed by atoms with van der Waals surface area (Å²) in [7, 11) is 2.00. The van der Waals surface area contributed by atoms with E-state index in [4.69, 9.17) is 9.84 Å². The Bertz CT molecular complexity index is 1100. The quantitative estimate of drug-likeness (QED) is 0.646. The number of hydrogen-bond acceptors (Lipinski definition) is 4. The average molecular weight is 444 g/mol. The number of aliphatic hydroxyl groups is 2. The molecule has 3 aromatic rings. The van der Waals surface area contributed by atoms with Crippen molar-refractivity contribution in [2.45, 2.75) is 25.4 Å². The van der Waals surface area contributed by atoms with Gasteiger partial charge in [-0.2, -0.15) is 0 Å². The molecule has 1 heterocycles. The van der Waals surface area contributed by atoms with Gasteiger partial charge in [-0.15, -0.1) is 0 Å². The lowest BCUT2D eigenvalue weighted by Crippen LogP contribution is -2.32. The van der Waals surface area contributed by atoms with Crippen LogP contribution in [0.15, 0.2) is 40.9 Å². The number of aliphatic hydroxyl groups excluding tert-OH is 2. The van der Waals surface area contributed by atoms with Gasteiger partial charge in [0.25, 0.3) is 0 Å². The molecule has 0 saturated carbocycles. The zero-order chi connectivity index (χ0) is 20.2. The summed E-state index contributed by atoms with van der Waals surface area (Å²) < 4.78 is 8.64.